The summed E-state index contributed by atoms with van der Waals surface area (Å²) in [5, 5.41) is 9.54. The van der Waals surface area contributed by atoms with Gasteiger partial charge in [0, 0.05) is 49.1 Å². The van der Waals surface area contributed by atoms with Crippen LogP contribution in [0, 0.1) is 11.7 Å². The van der Waals surface area contributed by atoms with Crippen molar-refractivity contribution in [3.05, 3.63) is 39.4 Å². The number of pyridine rings is 1. The van der Waals surface area contributed by atoms with Crippen LogP contribution in [-0.2, 0) is 16.0 Å². The maximum Gasteiger partial charge on any atom is 0.341 e. The minimum atomic E-state index is -1.32. The molecule has 3 heterocycles. The average molecular weight is 460 g/mol. The van der Waals surface area contributed by atoms with Crippen LogP contribution in [-0.4, -0.2) is 46.8 Å². The second-order valence-electron chi connectivity index (χ2n) is 9.45. The molecule has 1 fully saturated rings. The fraction of sp³-hybridized carbons (Fsp3) is 0.542. The summed E-state index contributed by atoms with van der Waals surface area (Å²) in [5.41, 5.74) is 6.66. The number of halogens is 1. The van der Waals surface area contributed by atoms with Gasteiger partial charge in [-0.05, 0) is 31.7 Å². The number of esters is 1. The molecule has 0 aliphatic carbocycles. The number of rotatable bonds is 5. The molecule has 2 aliphatic rings. The van der Waals surface area contributed by atoms with Gasteiger partial charge in [-0.2, -0.15) is 0 Å². The maximum absolute atomic E-state index is 15.4. The molecule has 2 aliphatic heterocycles. The first kappa shape index (κ1) is 23.2. The number of hydrogen-bond acceptors (Lipinski definition) is 6. The van der Waals surface area contributed by atoms with E-state index < -0.39 is 29.2 Å². The first-order valence-electron chi connectivity index (χ1n) is 11.4. The molecule has 0 radical (unpaired) electrons. The third kappa shape index (κ3) is 4.10. The summed E-state index contributed by atoms with van der Waals surface area (Å²) >= 11 is 0. The van der Waals surface area contributed by atoms with Crippen LogP contribution in [0.5, 0.6) is 0 Å². The van der Waals surface area contributed by atoms with E-state index in [-0.39, 0.29) is 29.0 Å². The minimum Gasteiger partial charge on any atom is -0.477 e. The highest BCUT2D eigenvalue weighted by atomic mass is 19.1. The molecule has 2 atom stereocenters. The van der Waals surface area contributed by atoms with Gasteiger partial charge in [0.15, 0.2) is 0 Å². The summed E-state index contributed by atoms with van der Waals surface area (Å²) in [6.07, 6.45) is 3.51. The number of carboxylic acids is 1. The van der Waals surface area contributed by atoms with Crippen molar-refractivity contribution in [3.8, 4) is 0 Å². The van der Waals surface area contributed by atoms with E-state index in [1.54, 1.807) is 4.57 Å². The molecule has 1 aromatic heterocycles. The Balaban J connectivity index is 1.66. The number of carbonyl (C=O) groups is 2. The lowest BCUT2D eigenvalue weighted by atomic mass is 9.93. The molecule has 0 bridgehead atoms. The molecule has 0 amide bonds. The molecule has 0 spiro atoms. The number of piperidine rings is 1. The van der Waals surface area contributed by atoms with E-state index in [1.807, 2.05) is 25.7 Å². The van der Waals surface area contributed by atoms with E-state index in [9.17, 15) is 19.5 Å². The molecule has 2 aromatic rings. The van der Waals surface area contributed by atoms with Crippen molar-refractivity contribution in [2.75, 3.05) is 18.0 Å². The fourth-order valence-electron chi connectivity index (χ4n) is 4.84. The van der Waals surface area contributed by atoms with Crippen molar-refractivity contribution in [2.45, 2.75) is 64.6 Å². The zero-order valence-electron chi connectivity index (χ0n) is 19.1. The van der Waals surface area contributed by atoms with Crippen LogP contribution in [0.2, 0.25) is 0 Å². The van der Waals surface area contributed by atoms with Gasteiger partial charge in [-0.3, -0.25) is 9.59 Å². The lowest BCUT2D eigenvalue weighted by molar-refractivity contribution is -0.152. The number of nitrogens with two attached hydrogens (primary N) is 1. The Morgan fingerprint density at radius 2 is 1.91 bits per heavy atom. The van der Waals surface area contributed by atoms with Crippen LogP contribution in [0.4, 0.5) is 10.1 Å². The highest BCUT2D eigenvalue weighted by Gasteiger charge is 2.31. The highest BCUT2D eigenvalue weighted by molar-refractivity contribution is 5.95. The average Bonchev–Trinajstić information content (AvgIpc) is 2.77. The van der Waals surface area contributed by atoms with E-state index in [4.69, 9.17) is 10.5 Å². The van der Waals surface area contributed by atoms with Crippen LogP contribution >= 0.6 is 0 Å². The van der Waals surface area contributed by atoms with Gasteiger partial charge in [0.1, 0.15) is 23.5 Å². The normalized spacial score (nSPS) is 19.7. The second kappa shape index (κ2) is 8.78. The molecule has 4 rings (SSSR count). The second-order valence-corrected chi connectivity index (χ2v) is 9.45. The number of aryl methyl sites for hydroxylation is 1. The topological polar surface area (TPSA) is 115 Å². The molecular formula is C24H30FN3O5. The third-order valence-corrected chi connectivity index (χ3v) is 6.89. The zero-order valence-corrected chi connectivity index (χ0v) is 19.1. The van der Waals surface area contributed by atoms with Gasteiger partial charge < -0.3 is 25.0 Å². The number of carbonyl (C=O) groups excluding carboxylic acids is 1. The molecular weight excluding hydrogens is 429 g/mol. The molecule has 3 N–H and O–H groups in total. The first-order chi connectivity index (χ1) is 15.6. The third-order valence-electron chi connectivity index (χ3n) is 6.89. The summed E-state index contributed by atoms with van der Waals surface area (Å²) in [4.78, 5) is 38.5. The monoisotopic (exact) mass is 459 g/mol. The Bertz CT molecular complexity index is 1170. The van der Waals surface area contributed by atoms with Crippen LogP contribution in [0.15, 0.2) is 17.1 Å². The number of carboxylic acid groups (broad SMARTS) is 1. The lowest BCUT2D eigenvalue weighted by Crippen LogP contribution is -2.43. The van der Waals surface area contributed by atoms with Crippen molar-refractivity contribution < 1.29 is 23.8 Å². The molecule has 1 saturated heterocycles. The van der Waals surface area contributed by atoms with Crippen molar-refractivity contribution >= 4 is 28.5 Å². The van der Waals surface area contributed by atoms with Crippen LogP contribution in [0.25, 0.3) is 10.9 Å². The Kier molecular flexibility index (Phi) is 6.18. The van der Waals surface area contributed by atoms with Crippen molar-refractivity contribution in [2.24, 2.45) is 11.7 Å². The summed E-state index contributed by atoms with van der Waals surface area (Å²) in [6.45, 7) is 6.68. The predicted molar refractivity (Wildman–Crippen MR) is 122 cm³/mol. The van der Waals surface area contributed by atoms with E-state index in [2.05, 4.69) is 0 Å². The predicted octanol–water partition coefficient (Wildman–Crippen LogP) is 2.84. The van der Waals surface area contributed by atoms with Gasteiger partial charge in [-0.25, -0.2) is 9.18 Å². The molecule has 8 nitrogen and oxygen atoms in total. The molecule has 9 heteroatoms. The molecule has 1 aromatic carbocycles. The largest absolute Gasteiger partial charge is 0.477 e. The Hall–Kier alpha value is -2.94. The summed E-state index contributed by atoms with van der Waals surface area (Å²) in [5.74, 6) is -2.28. The van der Waals surface area contributed by atoms with Gasteiger partial charge in [0.05, 0.1) is 11.2 Å². The molecule has 1 unspecified atom stereocenters. The quantitative estimate of drug-likeness (QED) is 0.661. The number of aromatic nitrogens is 1. The molecule has 178 valence electrons. The first-order valence-corrected chi connectivity index (χ1v) is 11.4. The minimum absolute atomic E-state index is 0.00711. The van der Waals surface area contributed by atoms with E-state index >= 15 is 4.39 Å². The van der Waals surface area contributed by atoms with Crippen molar-refractivity contribution in [3.63, 3.8) is 0 Å². The van der Waals surface area contributed by atoms with E-state index in [0.29, 0.717) is 50.0 Å². The smallest absolute Gasteiger partial charge is 0.341 e. The van der Waals surface area contributed by atoms with Crippen molar-refractivity contribution in [1.82, 2.24) is 4.57 Å². The van der Waals surface area contributed by atoms with Crippen LogP contribution in [0.1, 0.15) is 62.0 Å². The Morgan fingerprint density at radius 3 is 2.52 bits per heavy atom. The zero-order chi connectivity index (χ0) is 24.0. The molecule has 33 heavy (non-hydrogen) atoms. The van der Waals surface area contributed by atoms with Gasteiger partial charge in [0.25, 0.3) is 0 Å². The number of aromatic carboxylic acids is 1. The maximum atomic E-state index is 15.4. The summed E-state index contributed by atoms with van der Waals surface area (Å²) in [7, 11) is 0. The van der Waals surface area contributed by atoms with Gasteiger partial charge in [0.2, 0.25) is 5.43 Å². The SMILES string of the molecule is CC(C)C(N)C(=O)OC1CCN(c2c(F)cc3c(=O)c(C(=O)O)cn4c3c2CC[C@@H]4C)CC1. The number of hydrogen-bond donors (Lipinski definition) is 2. The fourth-order valence-corrected chi connectivity index (χ4v) is 4.84. The highest BCUT2D eigenvalue weighted by Crippen LogP contribution is 2.39. The van der Waals surface area contributed by atoms with Crippen LogP contribution < -0.4 is 16.1 Å². The lowest BCUT2D eigenvalue weighted by Gasteiger charge is -2.37. The number of ether oxygens (including phenoxy) is 1. The number of benzene rings is 1. The summed E-state index contributed by atoms with van der Waals surface area (Å²) < 4.78 is 22.7. The van der Waals surface area contributed by atoms with E-state index in [0.717, 1.165) is 5.56 Å². The summed E-state index contributed by atoms with van der Waals surface area (Å²) in [6, 6.07) is 0.498. The number of anilines is 1. The van der Waals surface area contributed by atoms with Crippen molar-refractivity contribution in [1.29, 1.82) is 0 Å². The number of nitrogens with zero attached hydrogens (tertiary/aromatic N) is 2. The standard InChI is InChI=1S/C24H30FN3O5/c1-12(2)19(26)24(32)33-14-6-8-27(9-7-14)21-15-5-4-13(3)28-11-17(23(30)31)22(29)16(20(15)28)10-18(21)25/h10-14,19H,4-9,26H2,1-3H3,(H,30,31)/t13-,19?/m0/s1. The Labute approximate surface area is 191 Å². The van der Waals surface area contributed by atoms with Gasteiger partial charge in [-0.1, -0.05) is 13.8 Å². The van der Waals surface area contributed by atoms with Crippen LogP contribution in [0.3, 0.4) is 0 Å². The van der Waals surface area contributed by atoms with E-state index in [1.165, 1.54) is 12.3 Å². The molecule has 0 saturated carbocycles. The van der Waals surface area contributed by atoms with Gasteiger partial charge >= 0.3 is 11.9 Å². The Morgan fingerprint density at radius 1 is 1.24 bits per heavy atom. The van der Waals surface area contributed by atoms with Gasteiger partial charge in [-0.15, -0.1) is 0 Å².